The van der Waals surface area contributed by atoms with Gasteiger partial charge >= 0.3 is 0 Å². The van der Waals surface area contributed by atoms with Crippen LogP contribution in [0.15, 0.2) is 223 Å². The fourth-order valence-electron chi connectivity index (χ4n) is 10.9. The van der Waals surface area contributed by atoms with Gasteiger partial charge in [0.05, 0.1) is 16.7 Å². The van der Waals surface area contributed by atoms with Gasteiger partial charge < -0.3 is 8.98 Å². The highest BCUT2D eigenvalue weighted by Gasteiger charge is 2.23. The predicted octanol–water partition coefficient (Wildman–Crippen LogP) is 16.8. The van der Waals surface area contributed by atoms with Gasteiger partial charge in [-0.15, -0.1) is 0 Å². The lowest BCUT2D eigenvalue weighted by Gasteiger charge is -2.14. The lowest BCUT2D eigenvalue weighted by molar-refractivity contribution is 0.668. The molecule has 3 heterocycles. The minimum absolute atomic E-state index is 0.566. The Bertz CT molecular complexity index is 4500. The molecule has 0 aliphatic heterocycles. The normalized spacial score (nSPS) is 12.1. The summed E-state index contributed by atoms with van der Waals surface area (Å²) in [6, 6.07) is 78.2. The Morgan fingerprint density at radius 2 is 0.794 bits per heavy atom. The molecule has 5 nitrogen and oxygen atoms in total. The number of furan rings is 1. The van der Waals surface area contributed by atoms with Crippen molar-refractivity contribution >= 4 is 108 Å². The minimum Gasteiger partial charge on any atom is -0.456 e. The Labute approximate surface area is 388 Å². The lowest BCUT2D eigenvalue weighted by atomic mass is 9.99. The molecule has 5 heteroatoms. The van der Waals surface area contributed by atoms with Gasteiger partial charge in [0.1, 0.15) is 11.2 Å². The molecule has 15 rings (SSSR count). The minimum atomic E-state index is 0.566. The maximum atomic E-state index is 6.85. The number of hydrogen-bond donors (Lipinski definition) is 0. The molecule has 3 aromatic heterocycles. The van der Waals surface area contributed by atoms with E-state index in [1.54, 1.807) is 0 Å². The van der Waals surface area contributed by atoms with Crippen LogP contribution in [0.2, 0.25) is 0 Å². The Balaban J connectivity index is 1.04. The Kier molecular flexibility index (Phi) is 7.72. The van der Waals surface area contributed by atoms with Gasteiger partial charge in [-0.3, -0.25) is 0 Å². The molecule has 15 aromatic rings. The van der Waals surface area contributed by atoms with Crippen LogP contribution in [0.3, 0.4) is 0 Å². The van der Waals surface area contributed by atoms with Crippen LogP contribution in [-0.2, 0) is 0 Å². The molecule has 12 aromatic carbocycles. The van der Waals surface area contributed by atoms with E-state index in [-0.39, 0.29) is 0 Å². The molecular weight excluding hydrogens is 829 g/mol. The third-order valence-corrected chi connectivity index (χ3v) is 14.1. The first kappa shape index (κ1) is 37.1. The molecule has 0 radical (unpaired) electrons. The molecule has 0 unspecified atom stereocenters. The maximum absolute atomic E-state index is 6.85. The summed E-state index contributed by atoms with van der Waals surface area (Å²) in [5.41, 5.74) is 7.45. The Morgan fingerprint density at radius 1 is 0.309 bits per heavy atom. The van der Waals surface area contributed by atoms with E-state index in [0.717, 1.165) is 66.1 Å². The highest BCUT2D eigenvalue weighted by Crippen LogP contribution is 2.43. The number of benzene rings is 12. The van der Waals surface area contributed by atoms with Crippen molar-refractivity contribution in [1.82, 2.24) is 19.5 Å². The van der Waals surface area contributed by atoms with Crippen LogP contribution in [0.25, 0.3) is 148 Å². The molecule has 0 aliphatic carbocycles. The predicted molar refractivity (Wildman–Crippen MR) is 283 cm³/mol. The van der Waals surface area contributed by atoms with Crippen LogP contribution in [0.1, 0.15) is 0 Å². The van der Waals surface area contributed by atoms with Gasteiger partial charge in [0.2, 0.25) is 0 Å². The number of nitrogens with zero attached hydrogens (tertiary/aromatic N) is 4. The first-order valence-corrected chi connectivity index (χ1v) is 23.1. The molecule has 0 bridgehead atoms. The zero-order valence-corrected chi connectivity index (χ0v) is 36.5. The van der Waals surface area contributed by atoms with E-state index in [1.807, 2.05) is 12.1 Å². The van der Waals surface area contributed by atoms with Crippen LogP contribution in [-0.4, -0.2) is 19.5 Å². The monoisotopic (exact) mass is 864 g/mol. The van der Waals surface area contributed by atoms with Crippen LogP contribution < -0.4 is 0 Å². The number of rotatable bonds is 4. The summed E-state index contributed by atoms with van der Waals surface area (Å²) in [6.07, 6.45) is 0. The van der Waals surface area contributed by atoms with Gasteiger partial charge in [-0.2, -0.15) is 0 Å². The summed E-state index contributed by atoms with van der Waals surface area (Å²) >= 11 is 0. The first-order valence-electron chi connectivity index (χ1n) is 23.1. The van der Waals surface area contributed by atoms with Crippen molar-refractivity contribution in [3.63, 3.8) is 0 Å². The van der Waals surface area contributed by atoms with Gasteiger partial charge in [0.15, 0.2) is 17.5 Å². The van der Waals surface area contributed by atoms with E-state index < -0.39 is 0 Å². The first-order chi connectivity index (χ1) is 33.7. The van der Waals surface area contributed by atoms with E-state index in [4.69, 9.17) is 19.4 Å². The fraction of sp³-hybridized carbons (Fsp3) is 0. The SMILES string of the molecule is c1ccc2cc3c(cc2c1)c1ccc2ccccc2c1n3-c1cc(-c2nc(-c3ccc4c(ccc5ccccc54)c3)nc(-c3ccc4c(ccc5ccccc54)c3)n2)c2c(c1)oc1ccccc12. The second kappa shape index (κ2) is 14.2. The van der Waals surface area contributed by atoms with Gasteiger partial charge in [-0.1, -0.05) is 176 Å². The average Bonchev–Trinajstić information content (AvgIpc) is 3.95. The molecule has 0 fully saturated rings. The van der Waals surface area contributed by atoms with Crippen molar-refractivity contribution in [3.8, 4) is 39.9 Å². The van der Waals surface area contributed by atoms with Gasteiger partial charge in [0.25, 0.3) is 0 Å². The molecule has 68 heavy (non-hydrogen) atoms. The number of fused-ring (bicyclic) bond motifs is 15. The summed E-state index contributed by atoms with van der Waals surface area (Å²) in [5.74, 6) is 1.76. The number of hydrogen-bond acceptors (Lipinski definition) is 4. The van der Waals surface area contributed by atoms with Crippen LogP contribution in [0, 0.1) is 0 Å². The number of para-hydroxylation sites is 1. The van der Waals surface area contributed by atoms with Gasteiger partial charge in [0, 0.05) is 49.7 Å². The zero-order chi connectivity index (χ0) is 44.5. The molecule has 0 atom stereocenters. The van der Waals surface area contributed by atoms with Crippen molar-refractivity contribution in [2.45, 2.75) is 0 Å². The zero-order valence-electron chi connectivity index (χ0n) is 36.5. The summed E-state index contributed by atoms with van der Waals surface area (Å²) in [6.45, 7) is 0. The molecule has 0 saturated heterocycles. The second-order valence-electron chi connectivity index (χ2n) is 18.0. The summed E-state index contributed by atoms with van der Waals surface area (Å²) in [7, 11) is 0. The van der Waals surface area contributed by atoms with Crippen molar-refractivity contribution in [2.75, 3.05) is 0 Å². The summed E-state index contributed by atoms with van der Waals surface area (Å²) in [4.78, 5) is 16.3. The van der Waals surface area contributed by atoms with Crippen molar-refractivity contribution in [3.05, 3.63) is 218 Å². The average molecular weight is 865 g/mol. The van der Waals surface area contributed by atoms with Gasteiger partial charge in [-0.05, 0) is 95.6 Å². The Hall–Kier alpha value is -9.19. The topological polar surface area (TPSA) is 56.7 Å². The highest BCUT2D eigenvalue weighted by atomic mass is 16.3. The summed E-state index contributed by atoms with van der Waals surface area (Å²) < 4.78 is 9.26. The van der Waals surface area contributed by atoms with E-state index in [1.165, 1.54) is 64.6 Å². The van der Waals surface area contributed by atoms with E-state index in [2.05, 4.69) is 211 Å². The summed E-state index contributed by atoms with van der Waals surface area (Å²) in [5, 5.41) is 18.5. The molecular formula is C63H36N4O. The van der Waals surface area contributed by atoms with Crippen LogP contribution in [0.5, 0.6) is 0 Å². The molecule has 0 N–H and O–H groups in total. The van der Waals surface area contributed by atoms with Crippen molar-refractivity contribution in [1.29, 1.82) is 0 Å². The molecule has 0 aliphatic rings. The molecule has 0 amide bonds. The molecule has 0 spiro atoms. The smallest absolute Gasteiger partial charge is 0.164 e. The van der Waals surface area contributed by atoms with E-state index >= 15 is 0 Å². The van der Waals surface area contributed by atoms with E-state index in [9.17, 15) is 0 Å². The quantitative estimate of drug-likeness (QED) is 0.165. The van der Waals surface area contributed by atoms with Gasteiger partial charge in [-0.25, -0.2) is 15.0 Å². The third kappa shape index (κ3) is 5.53. The molecule has 314 valence electrons. The largest absolute Gasteiger partial charge is 0.456 e. The van der Waals surface area contributed by atoms with Crippen molar-refractivity contribution < 1.29 is 4.42 Å². The van der Waals surface area contributed by atoms with Crippen LogP contribution >= 0.6 is 0 Å². The highest BCUT2D eigenvalue weighted by molar-refractivity contribution is 6.21. The fourth-order valence-corrected chi connectivity index (χ4v) is 10.9. The number of aromatic nitrogens is 4. The maximum Gasteiger partial charge on any atom is 0.164 e. The second-order valence-corrected chi connectivity index (χ2v) is 18.0. The van der Waals surface area contributed by atoms with E-state index in [0.29, 0.717) is 17.5 Å². The van der Waals surface area contributed by atoms with Crippen LogP contribution in [0.4, 0.5) is 0 Å². The molecule has 0 saturated carbocycles. The lowest BCUT2D eigenvalue weighted by Crippen LogP contribution is -2.02. The Morgan fingerprint density at radius 3 is 1.46 bits per heavy atom. The standard InChI is InChI=1S/C63H36N4O/c1-2-15-41-34-56-54(33-40(41)14-1)52-30-25-39-13-5-8-18-51(39)60(52)67(56)46-35-55(59-53-19-9-10-20-57(53)68-58(59)36-46)63-65-61(44-26-28-49-42(31-44)23-21-37-11-3-6-16-47(37)49)64-62(66-63)45-27-29-50-43(32-45)24-22-38-12-4-7-17-48(38)50/h1-36H. The third-order valence-electron chi connectivity index (χ3n) is 14.1. The van der Waals surface area contributed by atoms with Crippen molar-refractivity contribution in [2.24, 2.45) is 0 Å².